The van der Waals surface area contributed by atoms with Crippen molar-refractivity contribution in [2.24, 2.45) is 0 Å². The summed E-state index contributed by atoms with van der Waals surface area (Å²) in [6, 6.07) is 5.32. The first kappa shape index (κ1) is 13.8. The average molecular weight is 257 g/mol. The molecule has 0 saturated heterocycles. The number of hydrogen-bond acceptors (Lipinski definition) is 3. The van der Waals surface area contributed by atoms with Crippen molar-refractivity contribution in [2.45, 2.75) is 13.0 Å². The summed E-state index contributed by atoms with van der Waals surface area (Å²) in [4.78, 5) is 12.0. The molecule has 0 aliphatic heterocycles. The van der Waals surface area contributed by atoms with E-state index in [0.29, 0.717) is 22.9 Å². The minimum Gasteiger partial charge on any atom is -0.496 e. The van der Waals surface area contributed by atoms with Crippen molar-refractivity contribution in [1.82, 2.24) is 10.6 Å². The summed E-state index contributed by atoms with van der Waals surface area (Å²) in [5, 5.41) is 6.22. The molecule has 94 valence electrons. The molecule has 1 rings (SSSR count). The quantitative estimate of drug-likeness (QED) is 0.843. The Labute approximate surface area is 106 Å². The molecule has 0 spiro atoms. The molecule has 0 heterocycles. The van der Waals surface area contributed by atoms with Gasteiger partial charge in [0.2, 0.25) is 0 Å². The molecule has 0 radical (unpaired) electrons. The van der Waals surface area contributed by atoms with Crippen LogP contribution in [0.3, 0.4) is 0 Å². The molecule has 1 amide bonds. The second-order valence-corrected chi connectivity index (χ2v) is 4.12. The number of carbonyl (C=O) groups excluding carboxylic acids is 1. The van der Waals surface area contributed by atoms with Crippen molar-refractivity contribution in [3.05, 3.63) is 28.8 Å². The van der Waals surface area contributed by atoms with E-state index >= 15 is 0 Å². The highest BCUT2D eigenvalue weighted by molar-refractivity contribution is 6.34. The third-order valence-corrected chi connectivity index (χ3v) is 2.80. The van der Waals surface area contributed by atoms with Gasteiger partial charge in [-0.2, -0.15) is 0 Å². The Kier molecular flexibility index (Phi) is 5.25. The summed E-state index contributed by atoms with van der Waals surface area (Å²) in [6.07, 6.45) is 0. The minimum atomic E-state index is -0.227. The Morgan fingerprint density at radius 3 is 2.82 bits per heavy atom. The molecule has 0 aliphatic carbocycles. The van der Waals surface area contributed by atoms with Crippen LogP contribution >= 0.6 is 11.6 Å². The monoisotopic (exact) mass is 256 g/mol. The Bertz CT molecular complexity index is 396. The van der Waals surface area contributed by atoms with E-state index in [4.69, 9.17) is 16.3 Å². The van der Waals surface area contributed by atoms with Gasteiger partial charge in [-0.25, -0.2) is 0 Å². The molecule has 4 nitrogen and oxygen atoms in total. The molecule has 2 N–H and O–H groups in total. The molecule has 0 bridgehead atoms. The molecule has 1 aromatic rings. The van der Waals surface area contributed by atoms with E-state index < -0.39 is 0 Å². The molecule has 17 heavy (non-hydrogen) atoms. The molecular formula is C12H17ClN2O2. The highest BCUT2D eigenvalue weighted by Gasteiger charge is 2.16. The summed E-state index contributed by atoms with van der Waals surface area (Å²) in [6.45, 7) is 2.51. The van der Waals surface area contributed by atoms with Gasteiger partial charge in [-0.3, -0.25) is 4.79 Å². The molecule has 1 atom stereocenters. The van der Waals surface area contributed by atoms with Crippen molar-refractivity contribution in [1.29, 1.82) is 0 Å². The van der Waals surface area contributed by atoms with Crippen LogP contribution in [0.2, 0.25) is 5.02 Å². The zero-order valence-corrected chi connectivity index (χ0v) is 11.0. The normalized spacial score (nSPS) is 12.0. The van der Waals surface area contributed by atoms with E-state index in [-0.39, 0.29) is 11.9 Å². The van der Waals surface area contributed by atoms with Crippen molar-refractivity contribution < 1.29 is 9.53 Å². The van der Waals surface area contributed by atoms with Gasteiger partial charge in [0, 0.05) is 12.6 Å². The zero-order valence-electron chi connectivity index (χ0n) is 10.2. The number of carbonyl (C=O) groups is 1. The maximum absolute atomic E-state index is 12.0. The van der Waals surface area contributed by atoms with Gasteiger partial charge in [0.25, 0.3) is 5.91 Å². The Balaban J connectivity index is 2.81. The van der Waals surface area contributed by atoms with E-state index in [1.54, 1.807) is 18.2 Å². The summed E-state index contributed by atoms with van der Waals surface area (Å²) in [5.74, 6) is 0.252. The fourth-order valence-electron chi connectivity index (χ4n) is 1.33. The maximum Gasteiger partial charge on any atom is 0.256 e. The van der Waals surface area contributed by atoms with Crippen LogP contribution in [0.1, 0.15) is 17.3 Å². The lowest BCUT2D eigenvalue weighted by Crippen LogP contribution is -2.37. The molecule has 1 unspecified atom stereocenters. The third kappa shape index (κ3) is 3.61. The first-order valence-electron chi connectivity index (χ1n) is 5.38. The second kappa shape index (κ2) is 6.47. The number of ether oxygens (including phenoxy) is 1. The Morgan fingerprint density at radius 2 is 2.24 bits per heavy atom. The molecular weight excluding hydrogens is 240 g/mol. The summed E-state index contributed by atoms with van der Waals surface area (Å²) >= 11 is 6.00. The van der Waals surface area contributed by atoms with Gasteiger partial charge < -0.3 is 15.4 Å². The number of likely N-dealkylation sites (N-methyl/N-ethyl adjacent to an activating group) is 1. The lowest BCUT2D eigenvalue weighted by atomic mass is 10.2. The Hall–Kier alpha value is -1.26. The number of benzene rings is 1. The number of methoxy groups -OCH3 is 1. The van der Waals surface area contributed by atoms with Crippen molar-refractivity contribution in [2.75, 3.05) is 20.7 Å². The lowest BCUT2D eigenvalue weighted by Gasteiger charge is -2.13. The summed E-state index contributed by atoms with van der Waals surface area (Å²) < 4.78 is 5.12. The third-order valence-electron chi connectivity index (χ3n) is 2.48. The second-order valence-electron chi connectivity index (χ2n) is 3.72. The topological polar surface area (TPSA) is 50.4 Å². The van der Waals surface area contributed by atoms with Crippen LogP contribution in [-0.4, -0.2) is 32.7 Å². The van der Waals surface area contributed by atoms with Crippen LogP contribution < -0.4 is 15.4 Å². The van der Waals surface area contributed by atoms with Gasteiger partial charge in [-0.05, 0) is 26.1 Å². The van der Waals surface area contributed by atoms with Gasteiger partial charge in [0.15, 0.2) is 0 Å². The van der Waals surface area contributed by atoms with Gasteiger partial charge in [0.05, 0.1) is 17.7 Å². The van der Waals surface area contributed by atoms with E-state index in [9.17, 15) is 4.79 Å². The number of amides is 1. The molecule has 0 saturated carbocycles. The number of nitrogens with one attached hydrogen (secondary N) is 2. The summed E-state index contributed by atoms with van der Waals surface area (Å²) in [5.41, 5.74) is 0.375. The van der Waals surface area contributed by atoms with Gasteiger partial charge >= 0.3 is 0 Å². The van der Waals surface area contributed by atoms with Crippen molar-refractivity contribution >= 4 is 17.5 Å². The predicted molar refractivity (Wildman–Crippen MR) is 68.9 cm³/mol. The van der Waals surface area contributed by atoms with Crippen LogP contribution in [0, 0.1) is 0 Å². The molecule has 0 fully saturated rings. The lowest BCUT2D eigenvalue weighted by molar-refractivity contribution is 0.0947. The fraction of sp³-hybridized carbons (Fsp3) is 0.417. The van der Waals surface area contributed by atoms with E-state index in [0.717, 1.165) is 0 Å². The van der Waals surface area contributed by atoms with Crippen LogP contribution in [0.5, 0.6) is 5.75 Å². The standard InChI is InChI=1S/C12H17ClN2O2/c1-8(14-2)7-15-12(16)11-9(13)5-4-6-10(11)17-3/h4-6,8,14H,7H2,1-3H3,(H,15,16). The van der Waals surface area contributed by atoms with E-state index in [1.165, 1.54) is 7.11 Å². The number of hydrogen-bond donors (Lipinski definition) is 2. The summed E-state index contributed by atoms with van der Waals surface area (Å²) in [7, 11) is 3.35. The predicted octanol–water partition coefficient (Wildman–Crippen LogP) is 1.69. The zero-order chi connectivity index (χ0) is 12.8. The molecule has 0 aromatic heterocycles. The van der Waals surface area contributed by atoms with Crippen LogP contribution in [0.15, 0.2) is 18.2 Å². The van der Waals surface area contributed by atoms with Crippen molar-refractivity contribution in [3.63, 3.8) is 0 Å². The molecule has 0 aliphatic rings. The van der Waals surface area contributed by atoms with Crippen LogP contribution in [0.4, 0.5) is 0 Å². The number of rotatable bonds is 5. The smallest absolute Gasteiger partial charge is 0.256 e. The Morgan fingerprint density at radius 1 is 1.53 bits per heavy atom. The number of halogens is 1. The highest BCUT2D eigenvalue weighted by Crippen LogP contribution is 2.25. The van der Waals surface area contributed by atoms with Gasteiger partial charge in [0.1, 0.15) is 5.75 Å². The first-order valence-corrected chi connectivity index (χ1v) is 5.76. The van der Waals surface area contributed by atoms with E-state index in [1.807, 2.05) is 14.0 Å². The average Bonchev–Trinajstić information content (AvgIpc) is 2.34. The first-order chi connectivity index (χ1) is 8.10. The maximum atomic E-state index is 12.0. The van der Waals surface area contributed by atoms with Crippen LogP contribution in [0.25, 0.3) is 0 Å². The molecule has 1 aromatic carbocycles. The van der Waals surface area contributed by atoms with Crippen molar-refractivity contribution in [3.8, 4) is 5.75 Å². The largest absolute Gasteiger partial charge is 0.496 e. The van der Waals surface area contributed by atoms with Crippen LogP contribution in [-0.2, 0) is 0 Å². The van der Waals surface area contributed by atoms with Gasteiger partial charge in [-0.15, -0.1) is 0 Å². The SMILES string of the molecule is CNC(C)CNC(=O)c1c(Cl)cccc1OC. The van der Waals surface area contributed by atoms with Gasteiger partial charge in [-0.1, -0.05) is 17.7 Å². The fourth-order valence-corrected chi connectivity index (χ4v) is 1.58. The van der Waals surface area contributed by atoms with E-state index in [2.05, 4.69) is 10.6 Å². The molecule has 5 heteroatoms. The highest BCUT2D eigenvalue weighted by atomic mass is 35.5. The minimum absolute atomic E-state index is 0.201.